The third kappa shape index (κ3) is 4.31. The van der Waals surface area contributed by atoms with E-state index in [0.717, 1.165) is 54.3 Å². The fourth-order valence-corrected chi connectivity index (χ4v) is 9.43. The van der Waals surface area contributed by atoms with Crippen molar-refractivity contribution < 1.29 is 5.11 Å². The average molecular weight is 429 g/mol. The van der Waals surface area contributed by atoms with E-state index in [9.17, 15) is 5.11 Å². The molecular weight excluding hydrogens is 376 g/mol. The van der Waals surface area contributed by atoms with Crippen molar-refractivity contribution in [3.05, 3.63) is 11.6 Å². The van der Waals surface area contributed by atoms with E-state index in [2.05, 4.69) is 47.6 Å². The van der Waals surface area contributed by atoms with Gasteiger partial charge in [-0.1, -0.05) is 66.0 Å². The normalized spacial score (nSPS) is 42.5. The first-order valence-corrected chi connectivity index (χ1v) is 14.0. The minimum absolute atomic E-state index is 0.0772. The van der Waals surface area contributed by atoms with Crippen molar-refractivity contribution in [1.29, 1.82) is 0 Å². The van der Waals surface area contributed by atoms with Gasteiger partial charge in [0, 0.05) is 0 Å². The maximum atomic E-state index is 10.2. The molecule has 4 rings (SSSR count). The van der Waals surface area contributed by atoms with Crippen molar-refractivity contribution in [2.75, 3.05) is 0 Å². The molecule has 0 bridgehead atoms. The molecule has 0 aromatic rings. The molecule has 1 heteroatoms. The highest BCUT2D eigenvalue weighted by Gasteiger charge is 2.58. The van der Waals surface area contributed by atoms with Crippen molar-refractivity contribution in [2.24, 2.45) is 52.3 Å². The minimum Gasteiger partial charge on any atom is -0.393 e. The molecule has 4 aliphatic rings. The summed E-state index contributed by atoms with van der Waals surface area (Å²) in [6.07, 6.45) is 18.7. The van der Waals surface area contributed by atoms with Crippen molar-refractivity contribution >= 4 is 0 Å². The molecule has 0 aromatic carbocycles. The Balaban J connectivity index is 1.37. The molecule has 0 radical (unpaired) electrons. The van der Waals surface area contributed by atoms with E-state index in [1.54, 1.807) is 5.57 Å². The molecule has 3 fully saturated rings. The van der Waals surface area contributed by atoms with E-state index in [-0.39, 0.29) is 6.10 Å². The van der Waals surface area contributed by atoms with Crippen LogP contribution in [0.3, 0.4) is 0 Å². The van der Waals surface area contributed by atoms with Crippen LogP contribution in [-0.2, 0) is 0 Å². The number of aliphatic hydroxyl groups excluding tert-OH is 1. The first-order valence-electron chi connectivity index (χ1n) is 14.0. The maximum absolute atomic E-state index is 10.2. The largest absolute Gasteiger partial charge is 0.393 e. The molecule has 0 amide bonds. The van der Waals surface area contributed by atoms with Crippen LogP contribution in [0.4, 0.5) is 0 Å². The summed E-state index contributed by atoms with van der Waals surface area (Å²) in [6.45, 7) is 14.9. The van der Waals surface area contributed by atoms with Gasteiger partial charge in [0.05, 0.1) is 6.10 Å². The Morgan fingerprint density at radius 1 is 0.935 bits per heavy atom. The summed E-state index contributed by atoms with van der Waals surface area (Å²) >= 11 is 0. The van der Waals surface area contributed by atoms with Gasteiger partial charge in [-0.3, -0.25) is 0 Å². The van der Waals surface area contributed by atoms with Crippen LogP contribution >= 0.6 is 0 Å². The Kier molecular flexibility index (Phi) is 7.04. The lowest BCUT2D eigenvalue weighted by Gasteiger charge is -2.58. The highest BCUT2D eigenvalue weighted by atomic mass is 16.3. The molecule has 4 aliphatic carbocycles. The van der Waals surface area contributed by atoms with Gasteiger partial charge in [-0.2, -0.15) is 0 Å². The summed E-state index contributed by atoms with van der Waals surface area (Å²) in [5, 5.41) is 10.2. The van der Waals surface area contributed by atoms with Gasteiger partial charge in [0.25, 0.3) is 0 Å². The van der Waals surface area contributed by atoms with Crippen molar-refractivity contribution in [3.63, 3.8) is 0 Å². The summed E-state index contributed by atoms with van der Waals surface area (Å²) in [6, 6.07) is 0. The van der Waals surface area contributed by atoms with E-state index >= 15 is 0 Å². The quantitative estimate of drug-likeness (QED) is 0.319. The summed E-state index contributed by atoms with van der Waals surface area (Å²) in [7, 11) is 0. The highest BCUT2D eigenvalue weighted by Crippen LogP contribution is 2.66. The number of hydrogen-bond donors (Lipinski definition) is 1. The zero-order chi connectivity index (χ0) is 22.4. The van der Waals surface area contributed by atoms with Gasteiger partial charge in [0.2, 0.25) is 0 Å². The molecule has 3 saturated carbocycles. The van der Waals surface area contributed by atoms with Crippen LogP contribution in [0.25, 0.3) is 0 Å². The lowest BCUT2D eigenvalue weighted by molar-refractivity contribution is -0.0509. The molecule has 178 valence electrons. The minimum atomic E-state index is -0.0772. The fourth-order valence-electron chi connectivity index (χ4n) is 9.43. The zero-order valence-corrected chi connectivity index (χ0v) is 21.6. The summed E-state index contributed by atoms with van der Waals surface area (Å²) < 4.78 is 0. The Morgan fingerprint density at radius 2 is 1.68 bits per heavy atom. The average Bonchev–Trinajstić information content (AvgIpc) is 3.04. The van der Waals surface area contributed by atoms with E-state index in [4.69, 9.17) is 0 Å². The lowest BCUT2D eigenvalue weighted by atomic mass is 9.47. The van der Waals surface area contributed by atoms with E-state index in [0.29, 0.717) is 10.8 Å². The molecule has 7 atom stereocenters. The van der Waals surface area contributed by atoms with Gasteiger partial charge >= 0.3 is 0 Å². The summed E-state index contributed by atoms with van der Waals surface area (Å²) in [5.41, 5.74) is 2.62. The van der Waals surface area contributed by atoms with Crippen LogP contribution in [0.2, 0.25) is 0 Å². The molecule has 0 aliphatic heterocycles. The molecule has 0 unspecified atom stereocenters. The number of aliphatic hydroxyl groups is 1. The second-order valence-electron chi connectivity index (χ2n) is 13.4. The van der Waals surface area contributed by atoms with Crippen LogP contribution in [0.5, 0.6) is 0 Å². The fraction of sp³-hybridized carbons (Fsp3) is 0.933. The van der Waals surface area contributed by atoms with Gasteiger partial charge in [-0.05, 0) is 116 Å². The SMILES string of the molecule is CC(C)C(CCCC[C@H]1CC[C@H]2[C@@H]3CC=C4C[C@@H](O)CC[C@]4(C)[C@H]3CC[C@]12C)C(C)C. The standard InChI is InChI=1S/C30H52O/c1-20(2)25(21(3)4)10-8-7-9-22-12-14-27-26-13-11-23-19-24(31)15-17-30(23,6)28(26)16-18-29(22,27)5/h11,20-22,24-28,31H,7-10,12-19H2,1-6H3/t22-,24-,26-,27-,28-,29+,30-/m0/s1. The van der Waals surface area contributed by atoms with Crippen LogP contribution in [-0.4, -0.2) is 11.2 Å². The molecule has 1 nitrogen and oxygen atoms in total. The molecule has 0 aromatic heterocycles. The lowest BCUT2D eigenvalue weighted by Crippen LogP contribution is -2.50. The van der Waals surface area contributed by atoms with E-state index in [1.165, 1.54) is 64.2 Å². The molecule has 0 saturated heterocycles. The van der Waals surface area contributed by atoms with Crippen molar-refractivity contribution in [1.82, 2.24) is 0 Å². The van der Waals surface area contributed by atoms with Gasteiger partial charge < -0.3 is 5.11 Å². The first kappa shape index (κ1) is 23.8. The Morgan fingerprint density at radius 3 is 2.39 bits per heavy atom. The Labute approximate surface area is 193 Å². The number of fused-ring (bicyclic) bond motifs is 5. The smallest absolute Gasteiger partial charge is 0.0577 e. The number of rotatable bonds is 7. The Bertz CT molecular complexity index is 639. The second kappa shape index (κ2) is 9.15. The maximum Gasteiger partial charge on any atom is 0.0577 e. The number of hydrogen-bond acceptors (Lipinski definition) is 1. The predicted octanol–water partition coefficient (Wildman–Crippen LogP) is 8.41. The molecule has 0 spiro atoms. The van der Waals surface area contributed by atoms with Gasteiger partial charge in [-0.15, -0.1) is 0 Å². The molecular formula is C30H52O. The molecule has 31 heavy (non-hydrogen) atoms. The number of unbranched alkanes of at least 4 members (excludes halogenated alkanes) is 1. The Hall–Kier alpha value is -0.300. The van der Waals surface area contributed by atoms with Crippen LogP contribution < -0.4 is 0 Å². The van der Waals surface area contributed by atoms with E-state index in [1.807, 2.05) is 0 Å². The second-order valence-corrected chi connectivity index (χ2v) is 13.4. The van der Waals surface area contributed by atoms with Crippen molar-refractivity contribution in [2.45, 2.75) is 125 Å². The number of allylic oxidation sites excluding steroid dienone is 1. The van der Waals surface area contributed by atoms with E-state index < -0.39 is 0 Å². The van der Waals surface area contributed by atoms with Gasteiger partial charge in [-0.25, -0.2) is 0 Å². The van der Waals surface area contributed by atoms with Gasteiger partial charge in [0.15, 0.2) is 0 Å². The third-order valence-corrected chi connectivity index (χ3v) is 11.3. The summed E-state index contributed by atoms with van der Waals surface area (Å²) in [4.78, 5) is 0. The monoisotopic (exact) mass is 428 g/mol. The molecule has 0 heterocycles. The first-order chi connectivity index (χ1) is 14.7. The van der Waals surface area contributed by atoms with Crippen LogP contribution in [0, 0.1) is 52.3 Å². The van der Waals surface area contributed by atoms with Gasteiger partial charge in [0.1, 0.15) is 0 Å². The van der Waals surface area contributed by atoms with Crippen LogP contribution in [0.15, 0.2) is 11.6 Å². The third-order valence-electron chi connectivity index (χ3n) is 11.3. The zero-order valence-electron chi connectivity index (χ0n) is 21.6. The highest BCUT2D eigenvalue weighted by molar-refractivity contribution is 5.25. The summed E-state index contributed by atoms with van der Waals surface area (Å²) in [5.74, 6) is 6.29. The predicted molar refractivity (Wildman–Crippen MR) is 133 cm³/mol. The topological polar surface area (TPSA) is 20.2 Å². The van der Waals surface area contributed by atoms with Crippen LogP contribution in [0.1, 0.15) is 119 Å². The van der Waals surface area contributed by atoms with Crippen molar-refractivity contribution in [3.8, 4) is 0 Å². The molecule has 1 N–H and O–H groups in total.